The minimum Gasteiger partial charge on any atom is -0.665 e. The molecule has 80 valence electrons. The molecule has 0 spiro atoms. The van der Waals surface area contributed by atoms with Crippen molar-refractivity contribution in [1.82, 2.24) is 0 Å². The van der Waals surface area contributed by atoms with Crippen LogP contribution < -0.4 is 0 Å². The molecule has 0 aliphatic carbocycles. The van der Waals surface area contributed by atoms with Crippen LogP contribution in [-0.4, -0.2) is 24.0 Å². The number of halogens is 4. The molecule has 0 aliphatic heterocycles. The van der Waals surface area contributed by atoms with E-state index in [1.165, 1.54) is 0 Å². The maximum atomic E-state index is 5.97. The molecule has 0 aromatic carbocycles. The van der Waals surface area contributed by atoms with Gasteiger partial charge in [-0.3, -0.25) is 0 Å². The number of nitrogens with one attached hydrogen (secondary N) is 4. The van der Waals surface area contributed by atoms with Crippen LogP contribution in [0.2, 0.25) is 0 Å². The summed E-state index contributed by atoms with van der Waals surface area (Å²) < 4.78 is 0. The van der Waals surface area contributed by atoms with Gasteiger partial charge in [-0.25, -0.2) is 0 Å². The van der Waals surface area contributed by atoms with Gasteiger partial charge in [0, 0.05) is 0 Å². The second-order valence-electron chi connectivity index (χ2n) is 0.535. The molecule has 0 amide bonds. The molecule has 9 heteroatoms. The fourth-order valence-electron chi connectivity index (χ4n) is 0. The first-order valence-electron chi connectivity index (χ1n) is 2.48. The zero-order valence-electron chi connectivity index (χ0n) is 6.84. The molecule has 4 nitrogen and oxygen atoms in total. The number of rotatable bonds is 0. The van der Waals surface area contributed by atoms with E-state index in [0.29, 0.717) is 0 Å². The molecule has 4 N–H and O–H groups in total. The maximum Gasteiger partial charge on any atom is 4.00 e. The summed E-state index contributed by atoms with van der Waals surface area (Å²) in [5.41, 5.74) is 23.9. The van der Waals surface area contributed by atoms with Gasteiger partial charge in [-0.15, -0.1) is 0 Å². The van der Waals surface area contributed by atoms with E-state index < -0.39 is 0 Å². The molecule has 0 radical (unpaired) electrons. The van der Waals surface area contributed by atoms with Gasteiger partial charge in [-0.05, 0) is 0 Å². The molecular weight excluding hydrogens is 337 g/mol. The topological polar surface area (TPSA) is 95.2 Å². The van der Waals surface area contributed by atoms with Crippen molar-refractivity contribution >= 4 is 46.4 Å². The minimum atomic E-state index is -0.0278. The molecule has 0 saturated carbocycles. The number of alkyl halides is 4. The Hall–Kier alpha value is 1.88. The molecule has 0 atom stereocenters. The molecule has 0 aromatic rings. The summed E-state index contributed by atoms with van der Waals surface area (Å²) in [6, 6.07) is -0.111. The summed E-state index contributed by atoms with van der Waals surface area (Å²) in [4.78, 5) is 0. The Balaban J connectivity index is -0.0000000213. The van der Waals surface area contributed by atoms with Gasteiger partial charge in [0.2, 0.25) is 0 Å². The van der Waals surface area contributed by atoms with Crippen LogP contribution in [0.15, 0.2) is 0 Å². The monoisotopic (exact) mass is 346 g/mol. The van der Waals surface area contributed by atoms with E-state index in [0.717, 1.165) is 0 Å². The second-order valence-corrected chi connectivity index (χ2v) is 1.60. The Kier molecular flexibility index (Phi) is 150. The van der Waals surface area contributed by atoms with Crippen molar-refractivity contribution in [3.8, 4) is 0 Å². The van der Waals surface area contributed by atoms with E-state index in [1.807, 2.05) is 0 Å². The summed E-state index contributed by atoms with van der Waals surface area (Å²) in [6.07, 6.45) is 0. The molecule has 13 heavy (non-hydrogen) atoms. The SMILES string of the molecule is [NH-]CCl.[NH-]CCl.[NH-]CCl.[NH-]CCl.[Zr+4]. The van der Waals surface area contributed by atoms with Gasteiger partial charge in [-0.1, -0.05) is 24.0 Å². The van der Waals surface area contributed by atoms with Crippen LogP contribution in [0.25, 0.3) is 22.9 Å². The molecule has 0 fully saturated rings. The Morgan fingerprint density at radius 2 is 0.538 bits per heavy atom. The number of hydrogen-bond acceptors (Lipinski definition) is 0. The largest absolute Gasteiger partial charge is 4.00 e. The molecule has 0 saturated heterocycles. The molecular formula is C4H12Cl4N4Zr. The molecule has 0 heterocycles. The first kappa shape index (κ1) is 29.4. The average Bonchev–Trinajstić information content (AvgIpc) is 1.92. The molecule has 0 aliphatic rings. The van der Waals surface area contributed by atoms with Gasteiger partial charge in [0.1, 0.15) is 0 Å². The zero-order chi connectivity index (χ0) is 10.8. The fraction of sp³-hybridized carbons (Fsp3) is 1.00. The van der Waals surface area contributed by atoms with E-state index in [1.54, 1.807) is 0 Å². The van der Waals surface area contributed by atoms with E-state index in [-0.39, 0.29) is 50.2 Å². The smallest absolute Gasteiger partial charge is 0.665 e. The van der Waals surface area contributed by atoms with Gasteiger partial charge < -0.3 is 22.9 Å². The standard InChI is InChI=1S/4CH3ClN.Zr/c4*2-1-3;/h4*3H,1H2;/q4*-1;+4. The van der Waals surface area contributed by atoms with Crippen molar-refractivity contribution in [3.05, 3.63) is 22.9 Å². The van der Waals surface area contributed by atoms with E-state index >= 15 is 0 Å². The van der Waals surface area contributed by atoms with Gasteiger partial charge in [0.15, 0.2) is 0 Å². The van der Waals surface area contributed by atoms with Crippen LogP contribution in [0, 0.1) is 0 Å². The van der Waals surface area contributed by atoms with Crippen molar-refractivity contribution < 1.29 is 26.2 Å². The Labute approximate surface area is 119 Å². The zero-order valence-corrected chi connectivity index (χ0v) is 12.3. The fourth-order valence-corrected chi connectivity index (χ4v) is 0. The summed E-state index contributed by atoms with van der Waals surface area (Å²) >= 11 is 18.7. The van der Waals surface area contributed by atoms with Crippen molar-refractivity contribution in [2.45, 2.75) is 0 Å². The third-order valence-corrected chi connectivity index (χ3v) is 0. The summed E-state index contributed by atoms with van der Waals surface area (Å²) in [6.45, 7) is 0. The van der Waals surface area contributed by atoms with Crippen LogP contribution in [0.4, 0.5) is 0 Å². The summed E-state index contributed by atoms with van der Waals surface area (Å²) in [5.74, 6) is 0. The van der Waals surface area contributed by atoms with Crippen LogP contribution in [0.1, 0.15) is 0 Å². The van der Waals surface area contributed by atoms with Crippen molar-refractivity contribution in [2.75, 3.05) is 24.0 Å². The Morgan fingerprint density at radius 3 is 0.538 bits per heavy atom. The third kappa shape index (κ3) is 553. The molecule has 0 bridgehead atoms. The summed E-state index contributed by atoms with van der Waals surface area (Å²) in [7, 11) is 0. The van der Waals surface area contributed by atoms with E-state index in [9.17, 15) is 0 Å². The molecule has 0 unspecified atom stereocenters. The van der Waals surface area contributed by atoms with Gasteiger partial charge in [0.05, 0.1) is 0 Å². The van der Waals surface area contributed by atoms with Crippen molar-refractivity contribution in [2.24, 2.45) is 0 Å². The maximum absolute atomic E-state index is 5.97. The van der Waals surface area contributed by atoms with Crippen LogP contribution >= 0.6 is 46.4 Å². The minimum absolute atomic E-state index is 0. The van der Waals surface area contributed by atoms with Gasteiger partial charge >= 0.3 is 26.2 Å². The first-order valence-corrected chi connectivity index (χ1v) is 4.62. The molecule has 0 aromatic heterocycles. The first-order chi connectivity index (χ1) is 5.66. The quantitative estimate of drug-likeness (QED) is 0.437. The summed E-state index contributed by atoms with van der Waals surface area (Å²) in [5, 5.41) is 0. The van der Waals surface area contributed by atoms with Crippen LogP contribution in [0.5, 0.6) is 0 Å². The van der Waals surface area contributed by atoms with E-state index in [2.05, 4.69) is 46.4 Å². The van der Waals surface area contributed by atoms with Crippen LogP contribution in [0.3, 0.4) is 0 Å². The Bertz CT molecular complexity index is 32.1. The predicted molar refractivity (Wildman–Crippen MR) is 60.2 cm³/mol. The average molecular weight is 349 g/mol. The normalized spacial score (nSPS) is 5.54. The molecule has 0 rings (SSSR count). The Morgan fingerprint density at radius 1 is 0.538 bits per heavy atom. The van der Waals surface area contributed by atoms with Gasteiger partial charge in [-0.2, -0.15) is 46.4 Å². The third-order valence-electron chi connectivity index (χ3n) is 0. The van der Waals surface area contributed by atoms with Crippen molar-refractivity contribution in [1.29, 1.82) is 0 Å². The predicted octanol–water partition coefficient (Wildman–Crippen LogP) is 4.94. The van der Waals surface area contributed by atoms with Gasteiger partial charge in [0.25, 0.3) is 0 Å². The second kappa shape index (κ2) is 66.6. The van der Waals surface area contributed by atoms with E-state index in [4.69, 9.17) is 22.9 Å². The number of hydrogen-bond donors (Lipinski definition) is 0. The van der Waals surface area contributed by atoms with Crippen molar-refractivity contribution in [3.63, 3.8) is 0 Å². The van der Waals surface area contributed by atoms with Crippen LogP contribution in [-0.2, 0) is 26.2 Å².